The van der Waals surface area contributed by atoms with Crippen molar-refractivity contribution < 1.29 is 28.4 Å². The van der Waals surface area contributed by atoms with Crippen LogP contribution in [0.4, 0.5) is 5.82 Å². The van der Waals surface area contributed by atoms with Gasteiger partial charge in [0, 0.05) is 0 Å². The van der Waals surface area contributed by atoms with Crippen molar-refractivity contribution in [2.45, 2.75) is 109 Å². The summed E-state index contributed by atoms with van der Waals surface area (Å²) < 4.78 is 34.1. The van der Waals surface area contributed by atoms with Gasteiger partial charge < -0.3 is 24.5 Å². The highest BCUT2D eigenvalue weighted by molar-refractivity contribution is 7.59. The summed E-state index contributed by atoms with van der Waals surface area (Å²) in [5.41, 5.74) is 4.33. The van der Waals surface area contributed by atoms with Crippen molar-refractivity contribution in [1.29, 1.82) is 0 Å². The van der Waals surface area contributed by atoms with Crippen LogP contribution in [0.2, 0.25) is 0 Å². The highest BCUT2D eigenvalue weighted by atomic mass is 31.2. The Bertz CT molecular complexity index is 1370. The van der Waals surface area contributed by atoms with Crippen LogP contribution in [0.25, 0.3) is 11.2 Å². The molecule has 7 atom stereocenters. The van der Waals surface area contributed by atoms with Gasteiger partial charge in [0.1, 0.15) is 41.5 Å². The maximum Gasteiger partial charge on any atom is 0.326 e. The summed E-state index contributed by atoms with van der Waals surface area (Å²) in [7, 11) is -3.76. The SMILES string of the molecule is C[C@H](Cn1cnc2c(N)ncnc21)OCP(=O)(NC(C)(C)C(=O)OC1C[C@@H]2C[C@@H]2C1)NC(C)(C)C(=O)OC1C[C@@H]2C[C@@H]2C1. The van der Waals surface area contributed by atoms with Crippen molar-refractivity contribution in [1.82, 2.24) is 29.7 Å². The predicted octanol–water partition coefficient (Wildman–Crippen LogP) is 3.38. The number of hydrogen-bond donors (Lipinski definition) is 3. The van der Waals surface area contributed by atoms with Gasteiger partial charge in [-0.05, 0) is 96.8 Å². The van der Waals surface area contributed by atoms with Crippen LogP contribution in [0, 0.1) is 23.7 Å². The van der Waals surface area contributed by atoms with E-state index < -0.39 is 36.6 Å². The van der Waals surface area contributed by atoms with E-state index in [0.717, 1.165) is 25.7 Å². The molecule has 0 aromatic carbocycles. The van der Waals surface area contributed by atoms with Crippen LogP contribution in [0.15, 0.2) is 12.7 Å². The van der Waals surface area contributed by atoms with E-state index in [2.05, 4.69) is 25.1 Å². The van der Waals surface area contributed by atoms with E-state index in [0.29, 0.717) is 41.4 Å². The van der Waals surface area contributed by atoms with Gasteiger partial charge in [-0.1, -0.05) is 0 Å². The third-order valence-electron chi connectivity index (χ3n) is 9.31. The normalized spacial score (nSPS) is 29.9. The average Bonchev–Trinajstić information content (AvgIpc) is 3.65. The zero-order valence-electron chi connectivity index (χ0n) is 25.6. The van der Waals surface area contributed by atoms with Gasteiger partial charge in [-0.3, -0.25) is 14.2 Å². The van der Waals surface area contributed by atoms with Gasteiger partial charge in [-0.25, -0.2) is 25.1 Å². The van der Waals surface area contributed by atoms with Gasteiger partial charge in [0.15, 0.2) is 11.5 Å². The first-order valence-electron chi connectivity index (χ1n) is 15.3. The zero-order chi connectivity index (χ0) is 30.7. The molecule has 0 aliphatic heterocycles. The van der Waals surface area contributed by atoms with E-state index in [4.69, 9.17) is 19.9 Å². The fraction of sp³-hybridized carbons (Fsp3) is 0.759. The number of hydrogen-bond acceptors (Lipinski definition) is 10. The van der Waals surface area contributed by atoms with E-state index in [-0.39, 0.29) is 24.4 Å². The number of nitrogen functional groups attached to an aromatic ring is 1. The number of fused-ring (bicyclic) bond motifs is 3. The molecule has 4 saturated carbocycles. The molecule has 0 spiro atoms. The van der Waals surface area contributed by atoms with Crippen LogP contribution in [0.3, 0.4) is 0 Å². The minimum atomic E-state index is -3.76. The molecule has 0 amide bonds. The second kappa shape index (κ2) is 11.1. The lowest BCUT2D eigenvalue weighted by Crippen LogP contribution is -2.54. The molecule has 2 aromatic rings. The monoisotopic (exact) mass is 617 g/mol. The Labute approximate surface area is 251 Å². The number of anilines is 1. The fourth-order valence-electron chi connectivity index (χ4n) is 6.79. The minimum absolute atomic E-state index is 0.118. The molecule has 0 radical (unpaired) electrons. The molecule has 0 bridgehead atoms. The molecular formula is C29H44N7O6P. The molecule has 6 rings (SSSR count). The van der Waals surface area contributed by atoms with Crippen molar-refractivity contribution in [3.8, 4) is 0 Å². The summed E-state index contributed by atoms with van der Waals surface area (Å²) in [6.45, 7) is 8.73. The van der Waals surface area contributed by atoms with Crippen LogP contribution in [-0.4, -0.2) is 67.2 Å². The van der Waals surface area contributed by atoms with Crippen LogP contribution in [0.1, 0.15) is 73.1 Å². The Balaban J connectivity index is 1.13. The number of carbonyl (C=O) groups is 2. The molecule has 4 N–H and O–H groups in total. The van der Waals surface area contributed by atoms with Gasteiger partial charge in [-0.15, -0.1) is 0 Å². The summed E-state index contributed by atoms with van der Waals surface area (Å²) >= 11 is 0. The van der Waals surface area contributed by atoms with Crippen molar-refractivity contribution in [2.24, 2.45) is 23.7 Å². The Kier molecular flexibility index (Phi) is 7.84. The van der Waals surface area contributed by atoms with E-state index in [1.54, 1.807) is 38.6 Å². The third-order valence-corrected chi connectivity index (χ3v) is 11.7. The molecule has 2 heterocycles. The van der Waals surface area contributed by atoms with Gasteiger partial charge in [0.25, 0.3) is 0 Å². The average molecular weight is 618 g/mol. The number of ether oxygens (including phenoxy) is 3. The van der Waals surface area contributed by atoms with Crippen LogP contribution in [-0.2, 0) is 34.9 Å². The summed E-state index contributed by atoms with van der Waals surface area (Å²) in [6, 6.07) is 0. The molecule has 4 aliphatic carbocycles. The number of esters is 2. The quantitative estimate of drug-likeness (QED) is 0.221. The summed E-state index contributed by atoms with van der Waals surface area (Å²) in [5, 5.41) is 6.03. The van der Waals surface area contributed by atoms with Crippen LogP contribution >= 0.6 is 7.44 Å². The smallest absolute Gasteiger partial charge is 0.326 e. The molecule has 13 nitrogen and oxygen atoms in total. The van der Waals surface area contributed by atoms with Crippen LogP contribution in [0.5, 0.6) is 0 Å². The minimum Gasteiger partial charge on any atom is -0.461 e. The summed E-state index contributed by atoms with van der Waals surface area (Å²) in [6.07, 6.45) is 7.94. The lowest BCUT2D eigenvalue weighted by Gasteiger charge is -2.36. The molecule has 0 saturated heterocycles. The Hall–Kier alpha value is -2.60. The first-order valence-corrected chi connectivity index (χ1v) is 17.2. The number of rotatable bonds is 13. The molecular weight excluding hydrogens is 573 g/mol. The molecule has 2 unspecified atom stereocenters. The first-order chi connectivity index (χ1) is 20.2. The van der Waals surface area contributed by atoms with E-state index >= 15 is 0 Å². The first kappa shape index (κ1) is 30.4. The lowest BCUT2D eigenvalue weighted by molar-refractivity contribution is -0.155. The van der Waals surface area contributed by atoms with Crippen molar-refractivity contribution in [3.05, 3.63) is 12.7 Å². The third kappa shape index (κ3) is 6.74. The number of imidazole rings is 1. The topological polar surface area (TPSA) is 173 Å². The Morgan fingerprint density at radius 3 is 1.95 bits per heavy atom. The molecule has 2 aromatic heterocycles. The highest BCUT2D eigenvalue weighted by Gasteiger charge is 2.50. The molecule has 4 fully saturated rings. The summed E-state index contributed by atoms with van der Waals surface area (Å²) in [5.74, 6) is 1.94. The number of nitrogens with two attached hydrogens (primary N) is 1. The zero-order valence-corrected chi connectivity index (χ0v) is 26.5. The van der Waals surface area contributed by atoms with Crippen molar-refractivity contribution in [3.63, 3.8) is 0 Å². The maximum atomic E-state index is 14.6. The Morgan fingerprint density at radius 2 is 1.44 bits per heavy atom. The van der Waals surface area contributed by atoms with E-state index in [1.807, 2.05) is 6.92 Å². The number of nitrogens with one attached hydrogen (secondary N) is 2. The Morgan fingerprint density at radius 1 is 0.930 bits per heavy atom. The number of aromatic nitrogens is 4. The van der Waals surface area contributed by atoms with Crippen molar-refractivity contribution >= 4 is 36.4 Å². The maximum absolute atomic E-state index is 14.6. The van der Waals surface area contributed by atoms with Crippen molar-refractivity contribution in [2.75, 3.05) is 12.1 Å². The lowest BCUT2D eigenvalue weighted by atomic mass is 10.1. The summed E-state index contributed by atoms with van der Waals surface area (Å²) in [4.78, 5) is 39.1. The second-order valence-electron chi connectivity index (χ2n) is 14.2. The van der Waals surface area contributed by atoms with E-state index in [1.165, 1.54) is 19.2 Å². The number of nitrogens with zero attached hydrogens (tertiary/aromatic N) is 4. The van der Waals surface area contributed by atoms with Gasteiger partial charge in [0.05, 0.1) is 19.0 Å². The van der Waals surface area contributed by atoms with E-state index in [9.17, 15) is 14.2 Å². The standard InChI is InChI=1S/C29H44N7O6P/c1-16(12-36-14-33-23-24(30)31-13-32-25(23)36)40-15-43(39,34-28(2,3)26(37)41-21-8-17-6-18(17)9-21)35-29(4,5)27(38)42-22-10-19-7-20(19)11-22/h13-14,16-22H,6-12,15H2,1-5H3,(H2,30,31,32)(H2,34,35,39)/t16-,17-,18+,19-,20+,21?,22?,43?/m1/s1. The highest BCUT2D eigenvalue weighted by Crippen LogP contribution is 2.54. The number of carbonyl (C=O) groups excluding carboxylic acids is 2. The fourth-order valence-corrected chi connectivity index (χ4v) is 9.43. The largest absolute Gasteiger partial charge is 0.461 e. The molecule has 43 heavy (non-hydrogen) atoms. The van der Waals surface area contributed by atoms with Gasteiger partial charge in [-0.2, -0.15) is 0 Å². The molecule has 236 valence electrons. The van der Waals surface area contributed by atoms with Crippen LogP contribution < -0.4 is 15.9 Å². The van der Waals surface area contributed by atoms with Gasteiger partial charge in [0.2, 0.25) is 7.44 Å². The predicted molar refractivity (Wildman–Crippen MR) is 159 cm³/mol. The molecule has 4 aliphatic rings. The molecule has 14 heteroatoms. The van der Waals surface area contributed by atoms with Gasteiger partial charge >= 0.3 is 11.9 Å². The second-order valence-corrected chi connectivity index (χ2v) is 16.3.